The third-order valence-electron chi connectivity index (χ3n) is 1.63. The zero-order valence-corrected chi connectivity index (χ0v) is 7.13. The van der Waals surface area contributed by atoms with Crippen LogP contribution >= 0.6 is 11.6 Å². The lowest BCUT2D eigenvalue weighted by Crippen LogP contribution is -1.80. The van der Waals surface area contributed by atoms with Gasteiger partial charge in [0, 0.05) is 0 Å². The van der Waals surface area contributed by atoms with Crippen LogP contribution in [0, 0.1) is 0 Å². The molecular formula is C8H6ClNO2. The quantitative estimate of drug-likeness (QED) is 0.682. The Balaban J connectivity index is 2.71. The van der Waals surface area contributed by atoms with Crippen molar-refractivity contribution in [3.8, 4) is 5.75 Å². The van der Waals surface area contributed by atoms with Gasteiger partial charge in [0.2, 0.25) is 0 Å². The Bertz CT molecular complexity index is 410. The second kappa shape index (κ2) is 2.68. The number of fused-ring (bicyclic) bond motifs is 1. The highest BCUT2D eigenvalue weighted by Crippen LogP contribution is 2.26. The topological polar surface area (TPSA) is 35.3 Å². The van der Waals surface area contributed by atoms with Crippen LogP contribution in [0.25, 0.3) is 11.0 Å². The van der Waals surface area contributed by atoms with Crippen molar-refractivity contribution in [2.45, 2.75) is 0 Å². The molecule has 0 radical (unpaired) electrons. The summed E-state index contributed by atoms with van der Waals surface area (Å²) >= 11 is 5.74. The third-order valence-corrected chi connectivity index (χ3v) is 1.91. The monoisotopic (exact) mass is 183 g/mol. The van der Waals surface area contributed by atoms with E-state index in [1.807, 2.05) is 0 Å². The number of nitrogens with zero attached hydrogens (tertiary/aromatic N) is 1. The molecule has 62 valence electrons. The van der Waals surface area contributed by atoms with Crippen molar-refractivity contribution in [1.29, 1.82) is 0 Å². The molecule has 0 N–H and O–H groups in total. The van der Waals surface area contributed by atoms with Gasteiger partial charge in [-0.25, -0.2) is 0 Å². The molecule has 1 aromatic heterocycles. The summed E-state index contributed by atoms with van der Waals surface area (Å²) in [5, 5.41) is 4.74. The van der Waals surface area contributed by atoms with E-state index in [9.17, 15) is 0 Å². The second-order valence-corrected chi connectivity index (χ2v) is 2.69. The molecule has 0 saturated heterocycles. The highest BCUT2D eigenvalue weighted by Gasteiger charge is 2.05. The molecular weight excluding hydrogens is 178 g/mol. The maximum atomic E-state index is 5.74. The van der Waals surface area contributed by atoms with Gasteiger partial charge in [0.15, 0.2) is 10.7 Å². The minimum absolute atomic E-state index is 0.365. The minimum Gasteiger partial charge on any atom is -0.497 e. The molecule has 12 heavy (non-hydrogen) atoms. The van der Waals surface area contributed by atoms with E-state index in [0.29, 0.717) is 10.7 Å². The zero-order valence-electron chi connectivity index (χ0n) is 6.37. The highest BCUT2D eigenvalue weighted by molar-refractivity contribution is 6.34. The van der Waals surface area contributed by atoms with Gasteiger partial charge in [0.05, 0.1) is 12.5 Å². The Labute approximate surface area is 73.9 Å². The Morgan fingerprint density at radius 1 is 1.50 bits per heavy atom. The van der Waals surface area contributed by atoms with Crippen molar-refractivity contribution >= 4 is 22.6 Å². The zero-order chi connectivity index (χ0) is 8.55. The fourth-order valence-corrected chi connectivity index (χ4v) is 1.20. The molecule has 0 aliphatic carbocycles. The summed E-state index contributed by atoms with van der Waals surface area (Å²) < 4.78 is 9.93. The number of hydrogen-bond acceptors (Lipinski definition) is 3. The average molecular weight is 184 g/mol. The van der Waals surface area contributed by atoms with E-state index in [2.05, 4.69) is 5.16 Å². The SMILES string of the molecule is COc1ccc2onc(Cl)c2c1. The lowest BCUT2D eigenvalue weighted by molar-refractivity contribution is 0.415. The minimum atomic E-state index is 0.365. The summed E-state index contributed by atoms with van der Waals surface area (Å²) in [6, 6.07) is 5.35. The van der Waals surface area contributed by atoms with E-state index >= 15 is 0 Å². The first-order valence-electron chi connectivity index (χ1n) is 3.40. The molecule has 1 aromatic carbocycles. The molecule has 0 saturated carbocycles. The Kier molecular flexibility index (Phi) is 1.66. The molecule has 0 unspecified atom stereocenters. The first-order valence-corrected chi connectivity index (χ1v) is 3.78. The molecule has 0 fully saturated rings. The Morgan fingerprint density at radius 3 is 3.08 bits per heavy atom. The van der Waals surface area contributed by atoms with Crippen molar-refractivity contribution in [2.24, 2.45) is 0 Å². The average Bonchev–Trinajstić information content (AvgIpc) is 2.47. The fourth-order valence-electron chi connectivity index (χ4n) is 1.02. The second-order valence-electron chi connectivity index (χ2n) is 2.34. The van der Waals surface area contributed by atoms with Crippen LogP contribution in [0.5, 0.6) is 5.75 Å². The molecule has 2 aromatic rings. The third kappa shape index (κ3) is 1.02. The van der Waals surface area contributed by atoms with E-state index in [1.165, 1.54) is 0 Å². The summed E-state index contributed by atoms with van der Waals surface area (Å²) in [5.41, 5.74) is 0.667. The molecule has 0 amide bonds. The predicted octanol–water partition coefficient (Wildman–Crippen LogP) is 2.49. The van der Waals surface area contributed by atoms with Gasteiger partial charge < -0.3 is 9.26 Å². The summed E-state index contributed by atoms with van der Waals surface area (Å²) in [7, 11) is 1.60. The van der Waals surface area contributed by atoms with Gasteiger partial charge >= 0.3 is 0 Å². The lowest BCUT2D eigenvalue weighted by atomic mass is 10.2. The van der Waals surface area contributed by atoms with Gasteiger partial charge in [-0.2, -0.15) is 0 Å². The number of rotatable bonds is 1. The number of aromatic nitrogens is 1. The van der Waals surface area contributed by atoms with Crippen LogP contribution in [0.4, 0.5) is 0 Å². The summed E-state index contributed by atoms with van der Waals surface area (Å²) in [5.74, 6) is 0.743. The molecule has 0 aliphatic rings. The summed E-state index contributed by atoms with van der Waals surface area (Å²) in [4.78, 5) is 0. The Hall–Kier alpha value is -1.22. The largest absolute Gasteiger partial charge is 0.497 e. The van der Waals surface area contributed by atoms with E-state index in [-0.39, 0.29) is 0 Å². The summed E-state index contributed by atoms with van der Waals surface area (Å²) in [6.45, 7) is 0. The van der Waals surface area contributed by atoms with Crippen LogP contribution in [-0.2, 0) is 0 Å². The number of methoxy groups -OCH3 is 1. The molecule has 0 bridgehead atoms. The molecule has 0 atom stereocenters. The standard InChI is InChI=1S/C8H6ClNO2/c1-11-5-2-3-7-6(4-5)8(9)10-12-7/h2-4H,1H3. The van der Waals surface area contributed by atoms with Gasteiger partial charge in [-0.05, 0) is 18.2 Å². The van der Waals surface area contributed by atoms with Gasteiger partial charge in [-0.15, -0.1) is 0 Å². The van der Waals surface area contributed by atoms with Crippen LogP contribution in [-0.4, -0.2) is 12.3 Å². The van der Waals surface area contributed by atoms with Crippen LogP contribution in [0.1, 0.15) is 0 Å². The lowest BCUT2D eigenvalue weighted by Gasteiger charge is -1.96. The van der Waals surface area contributed by atoms with E-state index in [1.54, 1.807) is 25.3 Å². The number of benzene rings is 1. The fraction of sp³-hybridized carbons (Fsp3) is 0.125. The van der Waals surface area contributed by atoms with Crippen LogP contribution in [0.3, 0.4) is 0 Å². The van der Waals surface area contributed by atoms with Crippen molar-refractivity contribution in [1.82, 2.24) is 5.16 Å². The van der Waals surface area contributed by atoms with Crippen LogP contribution < -0.4 is 4.74 Å². The van der Waals surface area contributed by atoms with Gasteiger partial charge in [-0.3, -0.25) is 0 Å². The Morgan fingerprint density at radius 2 is 2.33 bits per heavy atom. The highest BCUT2D eigenvalue weighted by atomic mass is 35.5. The van der Waals surface area contributed by atoms with Crippen LogP contribution in [0.15, 0.2) is 22.7 Å². The first kappa shape index (κ1) is 7.43. The van der Waals surface area contributed by atoms with Gasteiger partial charge in [-0.1, -0.05) is 16.8 Å². The smallest absolute Gasteiger partial charge is 0.180 e. The maximum absolute atomic E-state index is 5.74. The normalized spacial score (nSPS) is 10.5. The number of hydrogen-bond donors (Lipinski definition) is 0. The van der Waals surface area contributed by atoms with Crippen LogP contribution in [0.2, 0.25) is 5.15 Å². The number of halogens is 1. The first-order chi connectivity index (χ1) is 5.81. The molecule has 0 aliphatic heterocycles. The maximum Gasteiger partial charge on any atom is 0.180 e. The predicted molar refractivity (Wildman–Crippen MR) is 45.6 cm³/mol. The number of ether oxygens (including phenoxy) is 1. The van der Waals surface area contributed by atoms with E-state index in [4.69, 9.17) is 20.9 Å². The molecule has 0 spiro atoms. The molecule has 4 heteroatoms. The van der Waals surface area contributed by atoms with Crippen molar-refractivity contribution in [3.05, 3.63) is 23.4 Å². The van der Waals surface area contributed by atoms with Crippen molar-refractivity contribution in [2.75, 3.05) is 7.11 Å². The molecule has 3 nitrogen and oxygen atoms in total. The summed E-state index contributed by atoms with van der Waals surface area (Å²) in [6.07, 6.45) is 0. The van der Waals surface area contributed by atoms with Gasteiger partial charge in [0.25, 0.3) is 0 Å². The molecule has 2 rings (SSSR count). The van der Waals surface area contributed by atoms with Crippen molar-refractivity contribution < 1.29 is 9.26 Å². The van der Waals surface area contributed by atoms with E-state index < -0.39 is 0 Å². The van der Waals surface area contributed by atoms with Gasteiger partial charge in [0.1, 0.15) is 5.75 Å². The van der Waals surface area contributed by atoms with E-state index in [0.717, 1.165) is 11.1 Å². The molecule has 1 heterocycles. The van der Waals surface area contributed by atoms with Crippen molar-refractivity contribution in [3.63, 3.8) is 0 Å².